The number of fused-ring (bicyclic) bond motifs is 2. The largest absolute Gasteiger partial charge is 0.454 e. The minimum absolute atomic E-state index is 0.166. The van der Waals surface area contributed by atoms with Crippen molar-refractivity contribution in [3.63, 3.8) is 0 Å². The fourth-order valence-corrected chi connectivity index (χ4v) is 2.72. The van der Waals surface area contributed by atoms with Gasteiger partial charge in [0.25, 0.3) is 5.91 Å². The van der Waals surface area contributed by atoms with Crippen molar-refractivity contribution in [3.05, 3.63) is 53.7 Å². The number of rotatable bonds is 3. The van der Waals surface area contributed by atoms with Crippen LogP contribution in [-0.4, -0.2) is 22.1 Å². The molecule has 1 aliphatic heterocycles. The van der Waals surface area contributed by atoms with Gasteiger partial charge in [-0.2, -0.15) is 0 Å². The van der Waals surface area contributed by atoms with Gasteiger partial charge < -0.3 is 14.8 Å². The summed E-state index contributed by atoms with van der Waals surface area (Å²) in [5.74, 6) is 0.426. The Balaban J connectivity index is 1.71. The second-order valence-electron chi connectivity index (χ2n) is 5.36. The highest BCUT2D eigenvalue weighted by molar-refractivity contribution is 6.04. The third-order valence-electron chi connectivity index (χ3n) is 3.84. The summed E-state index contributed by atoms with van der Waals surface area (Å²) < 4.78 is 25.6. The summed E-state index contributed by atoms with van der Waals surface area (Å²) in [5.41, 5.74) is 2.03. The van der Waals surface area contributed by atoms with E-state index in [1.165, 1.54) is 16.7 Å². The average Bonchev–Trinajstić information content (AvgIpc) is 3.17. The number of benzene rings is 1. The minimum Gasteiger partial charge on any atom is -0.454 e. The molecule has 0 radical (unpaired) electrons. The minimum atomic E-state index is -0.431. The smallest absolute Gasteiger partial charge is 0.274 e. The van der Waals surface area contributed by atoms with Crippen LogP contribution in [-0.2, 0) is 6.42 Å². The quantitative estimate of drug-likeness (QED) is 0.803. The molecule has 3 aromatic rings. The van der Waals surface area contributed by atoms with Crippen LogP contribution >= 0.6 is 0 Å². The summed E-state index contributed by atoms with van der Waals surface area (Å²) in [6.07, 6.45) is 1.82. The first-order valence-electron chi connectivity index (χ1n) is 7.53. The molecular weight excluding hydrogens is 313 g/mol. The van der Waals surface area contributed by atoms with Gasteiger partial charge in [-0.3, -0.25) is 9.20 Å². The van der Waals surface area contributed by atoms with Gasteiger partial charge in [-0.15, -0.1) is 0 Å². The standard InChI is InChI=1S/C17H14FN3O3/c1-2-12-16(21-8-10(18)3-6-15(21)20-12)17(22)19-11-4-5-13-14(7-11)24-9-23-13/h3-8H,2,9H2,1H3,(H,19,22). The molecule has 0 unspecified atom stereocenters. The number of nitrogens with one attached hydrogen (secondary N) is 1. The van der Waals surface area contributed by atoms with Gasteiger partial charge in [0.05, 0.1) is 5.69 Å². The molecule has 2 aromatic heterocycles. The number of aromatic nitrogens is 2. The maximum absolute atomic E-state index is 13.6. The van der Waals surface area contributed by atoms with Gasteiger partial charge in [0.1, 0.15) is 17.2 Å². The number of carbonyl (C=O) groups excluding carboxylic acids is 1. The van der Waals surface area contributed by atoms with Gasteiger partial charge in [0.15, 0.2) is 11.5 Å². The van der Waals surface area contributed by atoms with E-state index in [4.69, 9.17) is 9.47 Å². The Hall–Kier alpha value is -3.09. The first kappa shape index (κ1) is 14.5. The van der Waals surface area contributed by atoms with Gasteiger partial charge in [0, 0.05) is 18.0 Å². The lowest BCUT2D eigenvalue weighted by Gasteiger charge is -2.07. The molecule has 1 amide bonds. The van der Waals surface area contributed by atoms with Crippen molar-refractivity contribution >= 4 is 17.2 Å². The number of halogens is 1. The SMILES string of the molecule is CCc1nc2ccc(F)cn2c1C(=O)Nc1ccc2c(c1)OCO2. The molecular formula is C17H14FN3O3. The van der Waals surface area contributed by atoms with E-state index in [0.29, 0.717) is 40.6 Å². The number of amides is 1. The molecule has 0 saturated carbocycles. The van der Waals surface area contributed by atoms with Gasteiger partial charge in [-0.25, -0.2) is 9.37 Å². The lowest BCUT2D eigenvalue weighted by atomic mass is 10.2. The number of ether oxygens (including phenoxy) is 2. The molecule has 0 spiro atoms. The van der Waals surface area contributed by atoms with Crippen molar-refractivity contribution in [1.29, 1.82) is 0 Å². The third-order valence-corrected chi connectivity index (χ3v) is 3.84. The molecule has 122 valence electrons. The lowest BCUT2D eigenvalue weighted by Crippen LogP contribution is -2.16. The van der Waals surface area contributed by atoms with Crippen LogP contribution in [0.2, 0.25) is 0 Å². The summed E-state index contributed by atoms with van der Waals surface area (Å²) in [5, 5.41) is 2.80. The lowest BCUT2D eigenvalue weighted by molar-refractivity contribution is 0.102. The number of aryl methyl sites for hydroxylation is 1. The zero-order chi connectivity index (χ0) is 16.7. The molecule has 0 bridgehead atoms. The van der Waals surface area contributed by atoms with E-state index in [-0.39, 0.29) is 12.7 Å². The molecule has 0 aliphatic carbocycles. The zero-order valence-corrected chi connectivity index (χ0v) is 12.9. The summed E-state index contributed by atoms with van der Waals surface area (Å²) >= 11 is 0. The first-order valence-corrected chi connectivity index (χ1v) is 7.53. The van der Waals surface area contributed by atoms with Crippen LogP contribution in [0.4, 0.5) is 10.1 Å². The van der Waals surface area contributed by atoms with Crippen molar-refractivity contribution in [2.45, 2.75) is 13.3 Å². The molecule has 0 fully saturated rings. The Morgan fingerprint density at radius 1 is 1.29 bits per heavy atom. The Kier molecular flexibility index (Phi) is 3.34. The molecule has 24 heavy (non-hydrogen) atoms. The predicted octanol–water partition coefficient (Wildman–Crippen LogP) is 3.02. The molecule has 6 nitrogen and oxygen atoms in total. The fourth-order valence-electron chi connectivity index (χ4n) is 2.72. The first-order chi connectivity index (χ1) is 11.7. The van der Waals surface area contributed by atoms with Crippen LogP contribution < -0.4 is 14.8 Å². The molecule has 0 saturated heterocycles. The number of nitrogens with zero attached hydrogens (tertiary/aromatic N) is 2. The molecule has 4 rings (SSSR count). The van der Waals surface area contributed by atoms with Gasteiger partial charge in [-0.05, 0) is 30.7 Å². The highest BCUT2D eigenvalue weighted by Crippen LogP contribution is 2.34. The van der Waals surface area contributed by atoms with Crippen LogP contribution in [0.3, 0.4) is 0 Å². The van der Waals surface area contributed by atoms with Gasteiger partial charge >= 0.3 is 0 Å². The van der Waals surface area contributed by atoms with Crippen molar-refractivity contribution in [2.75, 3.05) is 12.1 Å². The van der Waals surface area contributed by atoms with Crippen LogP contribution in [0.15, 0.2) is 36.5 Å². The van der Waals surface area contributed by atoms with E-state index >= 15 is 0 Å². The Morgan fingerprint density at radius 3 is 2.96 bits per heavy atom. The number of hydrogen-bond donors (Lipinski definition) is 1. The molecule has 3 heterocycles. The van der Waals surface area contributed by atoms with Gasteiger partial charge in [0.2, 0.25) is 6.79 Å². The number of carbonyl (C=O) groups is 1. The highest BCUT2D eigenvalue weighted by Gasteiger charge is 2.20. The zero-order valence-electron chi connectivity index (χ0n) is 12.9. The summed E-state index contributed by atoms with van der Waals surface area (Å²) in [6.45, 7) is 2.06. The van der Waals surface area contributed by atoms with Crippen molar-refractivity contribution in [3.8, 4) is 11.5 Å². The molecule has 7 heteroatoms. The van der Waals surface area contributed by atoms with E-state index < -0.39 is 5.82 Å². The summed E-state index contributed by atoms with van der Waals surface area (Å²) in [4.78, 5) is 17.1. The molecule has 1 aromatic carbocycles. The second-order valence-corrected chi connectivity index (χ2v) is 5.36. The average molecular weight is 327 g/mol. The predicted molar refractivity (Wildman–Crippen MR) is 85.0 cm³/mol. The normalized spacial score (nSPS) is 12.6. The van der Waals surface area contributed by atoms with Crippen LogP contribution in [0.25, 0.3) is 5.65 Å². The summed E-state index contributed by atoms with van der Waals surface area (Å²) in [6, 6.07) is 8.01. The highest BCUT2D eigenvalue weighted by atomic mass is 19.1. The van der Waals surface area contributed by atoms with E-state index in [9.17, 15) is 9.18 Å². The van der Waals surface area contributed by atoms with Crippen LogP contribution in [0, 0.1) is 5.82 Å². The molecule has 1 aliphatic rings. The van der Waals surface area contributed by atoms with Crippen LogP contribution in [0.1, 0.15) is 23.1 Å². The molecule has 0 atom stereocenters. The number of imidazole rings is 1. The van der Waals surface area contributed by atoms with E-state index in [0.717, 1.165) is 0 Å². The Labute approximate surface area is 136 Å². The van der Waals surface area contributed by atoms with Crippen molar-refractivity contribution in [2.24, 2.45) is 0 Å². The van der Waals surface area contributed by atoms with E-state index in [1.807, 2.05) is 6.92 Å². The van der Waals surface area contributed by atoms with E-state index in [2.05, 4.69) is 10.3 Å². The van der Waals surface area contributed by atoms with Crippen molar-refractivity contribution in [1.82, 2.24) is 9.38 Å². The maximum Gasteiger partial charge on any atom is 0.274 e. The number of pyridine rings is 1. The number of anilines is 1. The monoisotopic (exact) mass is 327 g/mol. The van der Waals surface area contributed by atoms with Gasteiger partial charge in [-0.1, -0.05) is 6.92 Å². The topological polar surface area (TPSA) is 64.9 Å². The maximum atomic E-state index is 13.6. The Bertz CT molecular complexity index is 952. The Morgan fingerprint density at radius 2 is 2.12 bits per heavy atom. The van der Waals surface area contributed by atoms with E-state index in [1.54, 1.807) is 24.3 Å². The van der Waals surface area contributed by atoms with Crippen molar-refractivity contribution < 1.29 is 18.7 Å². The molecule has 1 N–H and O–H groups in total. The number of hydrogen-bond acceptors (Lipinski definition) is 4. The van der Waals surface area contributed by atoms with Crippen LogP contribution in [0.5, 0.6) is 11.5 Å². The summed E-state index contributed by atoms with van der Waals surface area (Å²) in [7, 11) is 0. The third kappa shape index (κ3) is 2.34. The second kappa shape index (κ2) is 5.52. The fraction of sp³-hybridized carbons (Fsp3) is 0.176.